The van der Waals surface area contributed by atoms with Crippen molar-refractivity contribution in [3.05, 3.63) is 34.3 Å². The topological polar surface area (TPSA) is 42.7 Å². The SMILES string of the molecule is Cc1ncc(CNC[C@@H]2CCc3nccn3C2)s1. The van der Waals surface area contributed by atoms with Gasteiger partial charge in [-0.1, -0.05) is 0 Å². The van der Waals surface area contributed by atoms with Crippen molar-refractivity contribution in [3.63, 3.8) is 0 Å². The minimum atomic E-state index is 0.723. The second-order valence-corrected chi connectivity index (χ2v) is 6.20. The predicted octanol–water partition coefficient (Wildman–Crippen LogP) is 2.00. The Morgan fingerprint density at radius 2 is 2.44 bits per heavy atom. The highest BCUT2D eigenvalue weighted by molar-refractivity contribution is 7.11. The third kappa shape index (κ3) is 2.62. The van der Waals surface area contributed by atoms with Gasteiger partial charge in [0.15, 0.2) is 0 Å². The Bertz CT molecular complexity index is 517. The standard InChI is InChI=1S/C13H18N4S/c1-10-16-8-12(18-10)7-14-6-11-2-3-13-15-4-5-17(13)9-11/h4-5,8,11,14H,2-3,6-7,9H2,1H3/t11-/m0/s1. The van der Waals surface area contributed by atoms with Gasteiger partial charge in [0.05, 0.1) is 5.01 Å². The molecule has 0 unspecified atom stereocenters. The van der Waals surface area contributed by atoms with Gasteiger partial charge in [-0.3, -0.25) is 0 Å². The molecule has 4 nitrogen and oxygen atoms in total. The third-order valence-electron chi connectivity index (χ3n) is 3.43. The summed E-state index contributed by atoms with van der Waals surface area (Å²) in [4.78, 5) is 9.95. The quantitative estimate of drug-likeness (QED) is 0.916. The molecule has 1 aliphatic heterocycles. The first-order valence-electron chi connectivity index (χ1n) is 6.43. The van der Waals surface area contributed by atoms with Crippen molar-refractivity contribution in [2.75, 3.05) is 6.54 Å². The Morgan fingerprint density at radius 3 is 3.28 bits per heavy atom. The Labute approximate surface area is 111 Å². The first-order chi connectivity index (χ1) is 8.81. The van der Waals surface area contributed by atoms with Crippen LogP contribution in [-0.2, 0) is 19.5 Å². The summed E-state index contributed by atoms with van der Waals surface area (Å²) in [5.41, 5.74) is 0. The highest BCUT2D eigenvalue weighted by Crippen LogP contribution is 2.18. The van der Waals surface area contributed by atoms with Crippen LogP contribution in [0.4, 0.5) is 0 Å². The van der Waals surface area contributed by atoms with Crippen molar-refractivity contribution in [2.24, 2.45) is 5.92 Å². The van der Waals surface area contributed by atoms with Gasteiger partial charge in [0.1, 0.15) is 5.82 Å². The summed E-state index contributed by atoms with van der Waals surface area (Å²) >= 11 is 1.78. The molecule has 0 spiro atoms. The molecule has 3 rings (SSSR count). The molecular weight excluding hydrogens is 244 g/mol. The summed E-state index contributed by atoms with van der Waals surface area (Å²) in [6, 6.07) is 0. The number of fused-ring (bicyclic) bond motifs is 1. The molecule has 96 valence electrons. The molecule has 0 bridgehead atoms. The minimum Gasteiger partial charge on any atom is -0.335 e. The predicted molar refractivity (Wildman–Crippen MR) is 72.6 cm³/mol. The van der Waals surface area contributed by atoms with E-state index in [1.165, 1.54) is 17.1 Å². The molecular formula is C13H18N4S. The second kappa shape index (κ2) is 5.20. The van der Waals surface area contributed by atoms with Crippen LogP contribution in [0.1, 0.15) is 22.1 Å². The Hall–Kier alpha value is -1.20. The number of aromatic nitrogens is 3. The van der Waals surface area contributed by atoms with Gasteiger partial charge in [-0.15, -0.1) is 11.3 Å². The molecule has 2 aromatic heterocycles. The lowest BCUT2D eigenvalue weighted by molar-refractivity contribution is 0.348. The Kier molecular flexibility index (Phi) is 3.43. The summed E-state index contributed by atoms with van der Waals surface area (Å²) < 4.78 is 2.28. The lowest BCUT2D eigenvalue weighted by Crippen LogP contribution is -2.29. The summed E-state index contributed by atoms with van der Waals surface area (Å²) in [6.07, 6.45) is 8.33. The fourth-order valence-corrected chi connectivity index (χ4v) is 3.25. The summed E-state index contributed by atoms with van der Waals surface area (Å²) in [5, 5.41) is 4.69. The van der Waals surface area contributed by atoms with E-state index in [-0.39, 0.29) is 0 Å². The summed E-state index contributed by atoms with van der Waals surface area (Å²) in [7, 11) is 0. The van der Waals surface area contributed by atoms with Crippen LogP contribution >= 0.6 is 11.3 Å². The van der Waals surface area contributed by atoms with Crippen LogP contribution in [0.5, 0.6) is 0 Å². The zero-order valence-corrected chi connectivity index (χ0v) is 11.4. The monoisotopic (exact) mass is 262 g/mol. The van der Waals surface area contributed by atoms with Gasteiger partial charge in [0.25, 0.3) is 0 Å². The maximum Gasteiger partial charge on any atom is 0.108 e. The van der Waals surface area contributed by atoms with E-state index in [0.717, 1.165) is 37.0 Å². The van der Waals surface area contributed by atoms with Crippen LogP contribution in [0.2, 0.25) is 0 Å². The number of nitrogens with one attached hydrogen (secondary N) is 1. The highest BCUT2D eigenvalue weighted by atomic mass is 32.1. The molecule has 0 aliphatic carbocycles. The van der Waals surface area contributed by atoms with E-state index >= 15 is 0 Å². The average molecular weight is 262 g/mol. The molecule has 0 aromatic carbocycles. The maximum absolute atomic E-state index is 4.36. The molecule has 1 atom stereocenters. The first-order valence-corrected chi connectivity index (χ1v) is 7.25. The molecule has 1 N–H and O–H groups in total. The van der Waals surface area contributed by atoms with Crippen molar-refractivity contribution >= 4 is 11.3 Å². The number of aryl methyl sites for hydroxylation is 2. The van der Waals surface area contributed by atoms with Gasteiger partial charge in [0, 0.05) is 49.5 Å². The number of hydrogen-bond donors (Lipinski definition) is 1. The van der Waals surface area contributed by atoms with E-state index < -0.39 is 0 Å². The fraction of sp³-hybridized carbons (Fsp3) is 0.538. The molecule has 0 amide bonds. The molecule has 0 radical (unpaired) electrons. The molecule has 5 heteroatoms. The van der Waals surface area contributed by atoms with Gasteiger partial charge in [-0.2, -0.15) is 0 Å². The number of rotatable bonds is 4. The normalized spacial score (nSPS) is 18.8. The van der Waals surface area contributed by atoms with Gasteiger partial charge >= 0.3 is 0 Å². The molecule has 2 aromatic rings. The molecule has 0 saturated carbocycles. The Balaban J connectivity index is 1.47. The first kappa shape index (κ1) is 11.9. The lowest BCUT2D eigenvalue weighted by atomic mass is 9.99. The van der Waals surface area contributed by atoms with E-state index in [9.17, 15) is 0 Å². The molecule has 18 heavy (non-hydrogen) atoms. The number of imidazole rings is 1. The largest absolute Gasteiger partial charge is 0.335 e. The van der Waals surface area contributed by atoms with Crippen LogP contribution in [0.15, 0.2) is 18.6 Å². The lowest BCUT2D eigenvalue weighted by Gasteiger charge is -2.23. The Morgan fingerprint density at radius 1 is 1.50 bits per heavy atom. The van der Waals surface area contributed by atoms with Crippen molar-refractivity contribution in [1.29, 1.82) is 0 Å². The van der Waals surface area contributed by atoms with Gasteiger partial charge in [-0.25, -0.2) is 9.97 Å². The van der Waals surface area contributed by atoms with Crippen LogP contribution in [0.3, 0.4) is 0 Å². The van der Waals surface area contributed by atoms with E-state index in [2.05, 4.69) is 33.0 Å². The van der Waals surface area contributed by atoms with E-state index in [1.807, 2.05) is 12.4 Å². The van der Waals surface area contributed by atoms with E-state index in [1.54, 1.807) is 11.3 Å². The van der Waals surface area contributed by atoms with Crippen molar-refractivity contribution in [2.45, 2.75) is 32.9 Å². The molecule has 3 heterocycles. The third-order valence-corrected chi connectivity index (χ3v) is 4.35. The van der Waals surface area contributed by atoms with E-state index in [0.29, 0.717) is 0 Å². The van der Waals surface area contributed by atoms with Crippen LogP contribution < -0.4 is 5.32 Å². The number of thiazole rings is 1. The van der Waals surface area contributed by atoms with Crippen molar-refractivity contribution < 1.29 is 0 Å². The highest BCUT2D eigenvalue weighted by Gasteiger charge is 2.18. The molecule has 1 aliphatic rings. The van der Waals surface area contributed by atoms with Crippen LogP contribution in [0, 0.1) is 12.8 Å². The minimum absolute atomic E-state index is 0.723. The van der Waals surface area contributed by atoms with Crippen LogP contribution in [-0.4, -0.2) is 21.1 Å². The average Bonchev–Trinajstić information content (AvgIpc) is 2.97. The van der Waals surface area contributed by atoms with Crippen molar-refractivity contribution in [1.82, 2.24) is 19.9 Å². The van der Waals surface area contributed by atoms with Gasteiger partial charge in [-0.05, 0) is 19.3 Å². The fourth-order valence-electron chi connectivity index (χ4n) is 2.49. The molecule has 0 saturated heterocycles. The number of hydrogen-bond acceptors (Lipinski definition) is 4. The summed E-state index contributed by atoms with van der Waals surface area (Å²) in [6.45, 7) is 5.17. The second-order valence-electron chi connectivity index (χ2n) is 4.88. The van der Waals surface area contributed by atoms with Crippen LogP contribution in [0.25, 0.3) is 0 Å². The number of nitrogens with zero attached hydrogens (tertiary/aromatic N) is 3. The summed E-state index contributed by atoms with van der Waals surface area (Å²) in [5.74, 6) is 1.96. The van der Waals surface area contributed by atoms with Gasteiger partial charge < -0.3 is 9.88 Å². The zero-order valence-electron chi connectivity index (χ0n) is 10.6. The smallest absolute Gasteiger partial charge is 0.108 e. The van der Waals surface area contributed by atoms with E-state index in [4.69, 9.17) is 0 Å². The van der Waals surface area contributed by atoms with Crippen molar-refractivity contribution in [3.8, 4) is 0 Å². The zero-order chi connectivity index (χ0) is 12.4. The maximum atomic E-state index is 4.36. The molecule has 0 fully saturated rings. The van der Waals surface area contributed by atoms with Gasteiger partial charge in [0.2, 0.25) is 0 Å².